The number of methoxy groups -OCH3 is 1. The van der Waals surface area contributed by atoms with Gasteiger partial charge in [-0.3, -0.25) is 4.79 Å². The van der Waals surface area contributed by atoms with Crippen molar-refractivity contribution in [1.29, 1.82) is 0 Å². The Morgan fingerprint density at radius 3 is 2.76 bits per heavy atom. The van der Waals surface area contributed by atoms with E-state index in [-0.39, 0.29) is 5.91 Å². The number of thiazole rings is 1. The monoisotopic (exact) mass is 330 g/mol. The quantitative estimate of drug-likeness (QED) is 0.742. The van der Waals surface area contributed by atoms with Crippen molar-refractivity contribution in [2.45, 2.75) is 39.2 Å². The maximum atomic E-state index is 12.4. The molecule has 0 unspecified atom stereocenters. The first-order valence-corrected chi connectivity index (χ1v) is 9.08. The minimum Gasteiger partial charge on any atom is -0.467 e. The van der Waals surface area contributed by atoms with Crippen molar-refractivity contribution >= 4 is 35.0 Å². The van der Waals surface area contributed by atoms with Crippen LogP contribution in [0, 0.1) is 6.92 Å². The number of aromatic nitrogens is 1. The molecule has 0 bridgehead atoms. The first kappa shape index (κ1) is 18.0. The van der Waals surface area contributed by atoms with Crippen molar-refractivity contribution in [2.75, 3.05) is 19.1 Å². The summed E-state index contributed by atoms with van der Waals surface area (Å²) >= 11 is 2.99. The molecule has 0 radical (unpaired) electrons. The Kier molecular flexibility index (Phi) is 7.74. The van der Waals surface area contributed by atoms with Crippen molar-refractivity contribution in [3.63, 3.8) is 0 Å². The molecule has 1 N–H and O–H groups in total. The van der Waals surface area contributed by atoms with Crippen LogP contribution in [0.2, 0.25) is 0 Å². The van der Waals surface area contributed by atoms with E-state index in [1.54, 1.807) is 11.8 Å². The number of carbonyl (C=O) groups is 2. The van der Waals surface area contributed by atoms with E-state index < -0.39 is 12.0 Å². The number of nitrogens with one attached hydrogen (secondary N) is 1. The van der Waals surface area contributed by atoms with Gasteiger partial charge in [0.15, 0.2) is 0 Å². The highest BCUT2D eigenvalue weighted by Crippen LogP contribution is 2.19. The van der Waals surface area contributed by atoms with Gasteiger partial charge in [-0.25, -0.2) is 9.78 Å². The number of thioether (sulfide) groups is 1. The van der Waals surface area contributed by atoms with E-state index in [0.717, 1.165) is 29.3 Å². The second kappa shape index (κ2) is 9.04. The lowest BCUT2D eigenvalue weighted by atomic mass is 10.2. The zero-order valence-corrected chi connectivity index (χ0v) is 14.5. The highest BCUT2D eigenvalue weighted by atomic mass is 32.2. The van der Waals surface area contributed by atoms with Gasteiger partial charge in [0.1, 0.15) is 10.9 Å². The van der Waals surface area contributed by atoms with Gasteiger partial charge in [0.25, 0.3) is 5.91 Å². The average Bonchev–Trinajstić information content (AvgIpc) is 2.83. The fourth-order valence-electron chi connectivity index (χ4n) is 1.90. The molecular formula is C14H22N2O3S2. The Balaban J connectivity index is 2.83. The van der Waals surface area contributed by atoms with Gasteiger partial charge in [0, 0.05) is 0 Å². The van der Waals surface area contributed by atoms with Gasteiger partial charge >= 0.3 is 5.97 Å². The number of hydrogen-bond donors (Lipinski definition) is 1. The molecule has 0 aliphatic rings. The van der Waals surface area contributed by atoms with Gasteiger partial charge in [-0.1, -0.05) is 13.3 Å². The fraction of sp³-hybridized carbons (Fsp3) is 0.643. The van der Waals surface area contributed by atoms with E-state index in [1.165, 1.54) is 18.4 Å². The van der Waals surface area contributed by atoms with Gasteiger partial charge in [-0.05, 0) is 31.8 Å². The first-order chi connectivity index (χ1) is 10.0. The smallest absolute Gasteiger partial charge is 0.328 e. The summed E-state index contributed by atoms with van der Waals surface area (Å²) in [6.07, 6.45) is 4.21. The predicted octanol–water partition coefficient (Wildman–Crippen LogP) is 2.43. The lowest BCUT2D eigenvalue weighted by Crippen LogP contribution is -2.42. The SMILES string of the molecule is CCCc1nc(C)sc1C(=O)N[C@H](CCSC)C(=O)OC. The zero-order chi connectivity index (χ0) is 15.8. The number of amides is 1. The van der Waals surface area contributed by atoms with Crippen LogP contribution in [-0.4, -0.2) is 42.0 Å². The number of rotatable bonds is 8. The van der Waals surface area contributed by atoms with Crippen LogP contribution >= 0.6 is 23.1 Å². The molecule has 1 aromatic heterocycles. The van der Waals surface area contributed by atoms with Crippen LogP contribution in [0.15, 0.2) is 0 Å². The van der Waals surface area contributed by atoms with E-state index in [2.05, 4.69) is 10.3 Å². The summed E-state index contributed by atoms with van der Waals surface area (Å²) in [5.74, 6) is 0.139. The summed E-state index contributed by atoms with van der Waals surface area (Å²) in [5, 5.41) is 3.64. The van der Waals surface area contributed by atoms with Crippen LogP contribution in [0.5, 0.6) is 0 Å². The van der Waals surface area contributed by atoms with E-state index in [1.807, 2.05) is 20.1 Å². The van der Waals surface area contributed by atoms with E-state index in [9.17, 15) is 9.59 Å². The minimum atomic E-state index is -0.605. The summed E-state index contributed by atoms with van der Waals surface area (Å²) in [4.78, 5) is 29.1. The number of esters is 1. The highest BCUT2D eigenvalue weighted by molar-refractivity contribution is 7.98. The molecule has 0 fully saturated rings. The van der Waals surface area contributed by atoms with Gasteiger partial charge in [0.2, 0.25) is 0 Å². The largest absolute Gasteiger partial charge is 0.467 e. The molecule has 1 amide bonds. The molecule has 0 aliphatic heterocycles. The summed E-state index contributed by atoms with van der Waals surface area (Å²) in [6, 6.07) is -0.605. The second-order valence-electron chi connectivity index (χ2n) is 4.59. The van der Waals surface area contributed by atoms with Gasteiger partial charge in [0.05, 0.1) is 17.8 Å². The lowest BCUT2D eigenvalue weighted by molar-refractivity contribution is -0.142. The van der Waals surface area contributed by atoms with Gasteiger partial charge < -0.3 is 10.1 Å². The Morgan fingerprint density at radius 1 is 1.48 bits per heavy atom. The van der Waals surface area contributed by atoms with Gasteiger partial charge in [-0.2, -0.15) is 11.8 Å². The van der Waals surface area contributed by atoms with Crippen molar-refractivity contribution in [3.05, 3.63) is 15.6 Å². The fourth-order valence-corrected chi connectivity index (χ4v) is 3.24. The van der Waals surface area contributed by atoms with Crippen molar-refractivity contribution < 1.29 is 14.3 Å². The molecular weight excluding hydrogens is 308 g/mol. The highest BCUT2D eigenvalue weighted by Gasteiger charge is 2.24. The normalized spacial score (nSPS) is 12.0. The standard InChI is InChI=1S/C14H22N2O3S2/c1-5-6-10-12(21-9(2)15-10)13(17)16-11(7-8-20-4)14(18)19-3/h11H,5-8H2,1-4H3,(H,16,17)/t11-/m1/s1. The van der Waals surface area contributed by atoms with E-state index in [4.69, 9.17) is 4.74 Å². The molecule has 0 spiro atoms. The average molecular weight is 330 g/mol. The Labute approximate surface area is 133 Å². The maximum Gasteiger partial charge on any atom is 0.328 e. The maximum absolute atomic E-state index is 12.4. The third-order valence-electron chi connectivity index (χ3n) is 2.90. The number of hydrogen-bond acceptors (Lipinski definition) is 6. The molecule has 5 nitrogen and oxygen atoms in total. The lowest BCUT2D eigenvalue weighted by Gasteiger charge is -2.15. The molecule has 0 saturated heterocycles. The molecule has 118 valence electrons. The van der Waals surface area contributed by atoms with E-state index in [0.29, 0.717) is 11.3 Å². The summed E-state index contributed by atoms with van der Waals surface area (Å²) in [7, 11) is 1.33. The zero-order valence-electron chi connectivity index (χ0n) is 12.9. The third kappa shape index (κ3) is 5.32. The number of nitrogens with zero attached hydrogens (tertiary/aromatic N) is 1. The van der Waals surface area contributed by atoms with Crippen LogP contribution in [0.3, 0.4) is 0 Å². The first-order valence-electron chi connectivity index (χ1n) is 6.87. The third-order valence-corrected chi connectivity index (χ3v) is 4.55. The van der Waals surface area contributed by atoms with Crippen molar-refractivity contribution in [1.82, 2.24) is 10.3 Å². The van der Waals surface area contributed by atoms with Gasteiger partial charge in [-0.15, -0.1) is 11.3 Å². The summed E-state index contributed by atoms with van der Waals surface area (Å²) in [5.41, 5.74) is 0.811. The summed E-state index contributed by atoms with van der Waals surface area (Å²) in [6.45, 7) is 3.93. The Morgan fingerprint density at radius 2 is 2.19 bits per heavy atom. The molecule has 0 aliphatic carbocycles. The van der Waals surface area contributed by atoms with Crippen LogP contribution in [0.25, 0.3) is 0 Å². The van der Waals surface area contributed by atoms with E-state index >= 15 is 0 Å². The molecule has 7 heteroatoms. The molecule has 1 rings (SSSR count). The van der Waals surface area contributed by atoms with Crippen LogP contribution in [-0.2, 0) is 16.0 Å². The topological polar surface area (TPSA) is 68.3 Å². The Bertz CT molecular complexity index is 489. The minimum absolute atomic E-state index is 0.236. The molecule has 1 aromatic rings. The molecule has 0 aromatic carbocycles. The van der Waals surface area contributed by atoms with Crippen molar-refractivity contribution in [3.8, 4) is 0 Å². The van der Waals surface area contributed by atoms with Crippen molar-refractivity contribution in [2.24, 2.45) is 0 Å². The van der Waals surface area contributed by atoms with Crippen LogP contribution < -0.4 is 5.32 Å². The number of carbonyl (C=O) groups excluding carboxylic acids is 2. The second-order valence-corrected chi connectivity index (χ2v) is 6.78. The number of aryl methyl sites for hydroxylation is 2. The summed E-state index contributed by atoms with van der Waals surface area (Å²) < 4.78 is 4.75. The number of ether oxygens (including phenoxy) is 1. The van der Waals surface area contributed by atoms with Crippen LogP contribution in [0.1, 0.15) is 40.1 Å². The molecule has 1 heterocycles. The Hall–Kier alpha value is -1.08. The molecule has 0 saturated carbocycles. The molecule has 21 heavy (non-hydrogen) atoms. The molecule has 1 atom stereocenters. The van der Waals surface area contributed by atoms with Crippen LogP contribution in [0.4, 0.5) is 0 Å². The predicted molar refractivity (Wildman–Crippen MR) is 87.1 cm³/mol.